The molecule has 0 aliphatic carbocycles. The summed E-state index contributed by atoms with van der Waals surface area (Å²) in [5.41, 5.74) is 1.75. The molecular weight excluding hydrogens is 372 g/mol. The van der Waals surface area contributed by atoms with Crippen LogP contribution in [0.3, 0.4) is 0 Å². The van der Waals surface area contributed by atoms with Crippen LogP contribution >= 0.6 is 23.4 Å². The number of amides is 1. The Balaban J connectivity index is 1.64. The molecule has 0 radical (unpaired) electrons. The number of benzene rings is 1. The topological polar surface area (TPSA) is 107 Å². The lowest BCUT2D eigenvalue weighted by Gasteiger charge is -2.10. The third kappa shape index (κ3) is 4.20. The Labute approximate surface area is 158 Å². The number of aromatic nitrogens is 4. The van der Waals surface area contributed by atoms with Crippen LogP contribution < -0.4 is 5.32 Å². The number of nitrogens with zero attached hydrogens (tertiary/aromatic N) is 4. The first-order valence-electron chi connectivity index (χ1n) is 7.57. The van der Waals surface area contributed by atoms with Crippen molar-refractivity contribution in [3.05, 3.63) is 53.3 Å². The average Bonchev–Trinajstić information content (AvgIpc) is 3.11. The molecule has 1 aromatic carbocycles. The van der Waals surface area contributed by atoms with E-state index in [1.807, 2.05) is 18.2 Å². The number of carbonyl (C=O) groups is 1. The molecule has 7 nitrogen and oxygen atoms in total. The first-order chi connectivity index (χ1) is 12.6. The number of hydrogen-bond acceptors (Lipinski definition) is 6. The van der Waals surface area contributed by atoms with Crippen molar-refractivity contribution >= 4 is 35.0 Å². The number of rotatable bonds is 5. The van der Waals surface area contributed by atoms with E-state index in [1.54, 1.807) is 37.5 Å². The first kappa shape index (κ1) is 17.9. The highest BCUT2D eigenvalue weighted by atomic mass is 35.5. The Bertz CT molecular complexity index is 969. The maximum absolute atomic E-state index is 12.3. The molecule has 26 heavy (non-hydrogen) atoms. The number of nitriles is 1. The van der Waals surface area contributed by atoms with Crippen molar-refractivity contribution in [1.82, 2.24) is 20.2 Å². The number of aromatic amines is 1. The van der Waals surface area contributed by atoms with E-state index in [-0.39, 0.29) is 5.91 Å². The zero-order valence-electron chi connectivity index (χ0n) is 13.6. The minimum atomic E-state index is -0.425. The minimum absolute atomic E-state index is 0.217. The molecule has 2 heterocycles. The standard InChI is InChI=1S/C17H13ClN6OS/c1-10(16(25)21-13-3-2-12(9-19)14(18)8-13)26-17-22-15(23-24-17)11-4-6-20-7-5-11/h2-8,10H,1H3,(H,21,25)(H,22,23,24)/t10-/m1/s1. The SMILES string of the molecule is C[C@@H](Sc1n[nH]c(-c2ccncc2)n1)C(=O)Nc1ccc(C#N)c(Cl)c1. The van der Waals surface area contributed by atoms with Gasteiger partial charge >= 0.3 is 0 Å². The minimum Gasteiger partial charge on any atom is -0.325 e. The van der Waals surface area contributed by atoms with Gasteiger partial charge in [-0.3, -0.25) is 14.9 Å². The molecule has 3 aromatic rings. The fraction of sp³-hybridized carbons (Fsp3) is 0.118. The molecule has 9 heteroatoms. The summed E-state index contributed by atoms with van der Waals surface area (Å²) in [6.07, 6.45) is 3.34. The fourth-order valence-electron chi connectivity index (χ4n) is 2.08. The average molecular weight is 385 g/mol. The van der Waals surface area contributed by atoms with Gasteiger partial charge in [-0.15, -0.1) is 5.10 Å². The van der Waals surface area contributed by atoms with Gasteiger partial charge in [-0.2, -0.15) is 5.26 Å². The van der Waals surface area contributed by atoms with Crippen molar-refractivity contribution in [3.63, 3.8) is 0 Å². The highest BCUT2D eigenvalue weighted by Crippen LogP contribution is 2.24. The maximum atomic E-state index is 12.3. The third-order valence-corrected chi connectivity index (χ3v) is 4.70. The highest BCUT2D eigenvalue weighted by Gasteiger charge is 2.18. The Hall–Kier alpha value is -2.89. The van der Waals surface area contributed by atoms with Crippen molar-refractivity contribution in [3.8, 4) is 17.5 Å². The van der Waals surface area contributed by atoms with Crippen molar-refractivity contribution < 1.29 is 4.79 Å². The van der Waals surface area contributed by atoms with Crippen molar-refractivity contribution in [2.75, 3.05) is 5.32 Å². The number of anilines is 1. The predicted molar refractivity (Wildman–Crippen MR) is 99.7 cm³/mol. The number of nitrogens with one attached hydrogen (secondary N) is 2. The molecule has 0 saturated carbocycles. The van der Waals surface area contributed by atoms with Gasteiger partial charge in [0.2, 0.25) is 11.1 Å². The normalized spacial score (nSPS) is 11.6. The van der Waals surface area contributed by atoms with Crippen LogP contribution in [-0.4, -0.2) is 31.3 Å². The van der Waals surface area contributed by atoms with Crippen LogP contribution in [0, 0.1) is 11.3 Å². The second-order valence-electron chi connectivity index (χ2n) is 5.26. The molecule has 0 bridgehead atoms. The van der Waals surface area contributed by atoms with Crippen LogP contribution in [0.15, 0.2) is 47.9 Å². The molecule has 0 aliphatic rings. The van der Waals surface area contributed by atoms with Gasteiger partial charge in [-0.25, -0.2) is 4.98 Å². The lowest BCUT2D eigenvalue weighted by molar-refractivity contribution is -0.115. The summed E-state index contributed by atoms with van der Waals surface area (Å²) in [5.74, 6) is 0.396. The Morgan fingerprint density at radius 2 is 2.12 bits per heavy atom. The number of carbonyl (C=O) groups excluding carboxylic acids is 1. The fourth-order valence-corrected chi connectivity index (χ4v) is 3.02. The largest absolute Gasteiger partial charge is 0.325 e. The zero-order chi connectivity index (χ0) is 18.5. The molecule has 1 atom stereocenters. The second-order valence-corrected chi connectivity index (χ2v) is 6.97. The van der Waals surface area contributed by atoms with E-state index in [9.17, 15) is 4.79 Å². The highest BCUT2D eigenvalue weighted by molar-refractivity contribution is 8.00. The maximum Gasteiger partial charge on any atom is 0.237 e. The predicted octanol–water partition coefficient (Wildman–Crippen LogP) is 3.51. The summed E-state index contributed by atoms with van der Waals surface area (Å²) in [4.78, 5) is 20.7. The van der Waals surface area contributed by atoms with E-state index in [0.29, 0.717) is 27.3 Å². The monoisotopic (exact) mass is 384 g/mol. The molecule has 0 saturated heterocycles. The summed E-state index contributed by atoms with van der Waals surface area (Å²) in [6, 6.07) is 10.4. The molecule has 0 spiro atoms. The molecule has 1 amide bonds. The molecule has 3 rings (SSSR count). The summed E-state index contributed by atoms with van der Waals surface area (Å²) >= 11 is 7.21. The van der Waals surface area contributed by atoms with Crippen molar-refractivity contribution in [1.29, 1.82) is 5.26 Å². The van der Waals surface area contributed by atoms with E-state index < -0.39 is 5.25 Å². The number of H-pyrrole nitrogens is 1. The summed E-state index contributed by atoms with van der Waals surface area (Å²) < 4.78 is 0. The van der Waals surface area contributed by atoms with Crippen molar-refractivity contribution in [2.24, 2.45) is 0 Å². The molecule has 130 valence electrons. The van der Waals surface area contributed by atoms with E-state index in [4.69, 9.17) is 16.9 Å². The molecule has 0 fully saturated rings. The summed E-state index contributed by atoms with van der Waals surface area (Å²) in [7, 11) is 0. The number of thioether (sulfide) groups is 1. The van der Waals surface area contributed by atoms with E-state index in [2.05, 4.69) is 25.5 Å². The Kier molecular flexibility index (Phi) is 5.51. The van der Waals surface area contributed by atoms with Crippen LogP contribution in [0.1, 0.15) is 12.5 Å². The van der Waals surface area contributed by atoms with Gasteiger partial charge < -0.3 is 5.32 Å². The molecular formula is C17H13ClN6OS. The lowest BCUT2D eigenvalue weighted by Crippen LogP contribution is -2.22. The zero-order valence-corrected chi connectivity index (χ0v) is 15.2. The van der Waals surface area contributed by atoms with Gasteiger partial charge in [0.25, 0.3) is 0 Å². The van der Waals surface area contributed by atoms with Gasteiger partial charge in [0.05, 0.1) is 15.8 Å². The molecule has 0 unspecified atom stereocenters. The number of halogens is 1. The number of hydrogen-bond donors (Lipinski definition) is 2. The smallest absolute Gasteiger partial charge is 0.237 e. The first-order valence-corrected chi connectivity index (χ1v) is 8.82. The van der Waals surface area contributed by atoms with E-state index >= 15 is 0 Å². The lowest BCUT2D eigenvalue weighted by atomic mass is 10.2. The summed E-state index contributed by atoms with van der Waals surface area (Å²) in [6.45, 7) is 1.76. The van der Waals surface area contributed by atoms with Gasteiger partial charge in [-0.1, -0.05) is 23.4 Å². The third-order valence-electron chi connectivity index (χ3n) is 3.43. The quantitative estimate of drug-likeness (QED) is 0.652. The van der Waals surface area contributed by atoms with E-state index in [1.165, 1.54) is 11.8 Å². The molecule has 2 aromatic heterocycles. The van der Waals surface area contributed by atoms with Crippen LogP contribution in [0.2, 0.25) is 5.02 Å². The molecule has 0 aliphatic heterocycles. The molecule has 2 N–H and O–H groups in total. The van der Waals surface area contributed by atoms with E-state index in [0.717, 1.165) is 5.56 Å². The second kappa shape index (κ2) is 7.99. The van der Waals surface area contributed by atoms with Gasteiger partial charge in [0, 0.05) is 23.6 Å². The Morgan fingerprint density at radius 1 is 1.35 bits per heavy atom. The van der Waals surface area contributed by atoms with Crippen LogP contribution in [0.5, 0.6) is 0 Å². The van der Waals surface area contributed by atoms with Crippen molar-refractivity contribution in [2.45, 2.75) is 17.3 Å². The van der Waals surface area contributed by atoms with Crippen LogP contribution in [0.25, 0.3) is 11.4 Å². The van der Waals surface area contributed by atoms with Crippen LogP contribution in [0.4, 0.5) is 5.69 Å². The summed E-state index contributed by atoms with van der Waals surface area (Å²) in [5, 5.41) is 19.0. The van der Waals surface area contributed by atoms with Gasteiger partial charge in [0.1, 0.15) is 6.07 Å². The van der Waals surface area contributed by atoms with Gasteiger partial charge in [-0.05, 0) is 37.3 Å². The van der Waals surface area contributed by atoms with Crippen LogP contribution in [-0.2, 0) is 4.79 Å². The number of pyridine rings is 1. The van der Waals surface area contributed by atoms with Gasteiger partial charge in [0.15, 0.2) is 5.82 Å². The Morgan fingerprint density at radius 3 is 2.81 bits per heavy atom.